The van der Waals surface area contributed by atoms with Crippen LogP contribution in [0.4, 0.5) is 11.4 Å². The fourth-order valence-electron chi connectivity index (χ4n) is 1.85. The predicted octanol–water partition coefficient (Wildman–Crippen LogP) is 3.35. The van der Waals surface area contributed by atoms with Crippen molar-refractivity contribution in [2.24, 2.45) is 0 Å². The van der Waals surface area contributed by atoms with Gasteiger partial charge in [0.05, 0.1) is 21.2 Å². The number of aromatic carboxylic acids is 1. The number of carbonyl (C=O) groups is 1. The Labute approximate surface area is 121 Å². The van der Waals surface area contributed by atoms with E-state index in [1.807, 2.05) is 13.8 Å². The van der Waals surface area contributed by atoms with E-state index in [0.717, 1.165) is 17.7 Å². The van der Waals surface area contributed by atoms with E-state index in [1.54, 1.807) is 4.90 Å². The van der Waals surface area contributed by atoms with Gasteiger partial charge in [-0.05, 0) is 13.8 Å². The number of anilines is 1. The molecule has 0 aliphatic rings. The summed E-state index contributed by atoms with van der Waals surface area (Å²) in [5.41, 5.74) is 0.572. The molecule has 0 bridgehead atoms. The molecule has 0 amide bonds. The van der Waals surface area contributed by atoms with Gasteiger partial charge in [0.2, 0.25) is 0 Å². The van der Waals surface area contributed by atoms with Crippen molar-refractivity contribution in [3.8, 4) is 0 Å². The van der Waals surface area contributed by atoms with Gasteiger partial charge in [-0.2, -0.15) is 0 Å². The summed E-state index contributed by atoms with van der Waals surface area (Å²) in [5, 5.41) is 20.1. The Morgan fingerprint density at radius 3 is 2.55 bits per heavy atom. The van der Waals surface area contributed by atoms with Crippen LogP contribution in [0.1, 0.15) is 24.2 Å². The average molecular weight is 299 g/mol. The van der Waals surface area contributed by atoms with Gasteiger partial charge in [-0.15, -0.1) is 0 Å². The van der Waals surface area contributed by atoms with E-state index in [0.29, 0.717) is 13.1 Å². The van der Waals surface area contributed by atoms with Crippen molar-refractivity contribution in [3.05, 3.63) is 45.0 Å². The second-order valence-corrected chi connectivity index (χ2v) is 4.76. The van der Waals surface area contributed by atoms with Crippen LogP contribution in [0.5, 0.6) is 0 Å². The number of carboxylic acids is 1. The van der Waals surface area contributed by atoms with Crippen LogP contribution in [-0.4, -0.2) is 29.1 Å². The molecule has 0 unspecified atom stereocenters. The summed E-state index contributed by atoms with van der Waals surface area (Å²) in [6.45, 7) is 8.36. The third-order valence-electron chi connectivity index (χ3n) is 2.65. The van der Waals surface area contributed by atoms with Gasteiger partial charge < -0.3 is 10.0 Å². The number of non-ortho nitro benzene ring substituents is 1. The first-order valence-corrected chi connectivity index (χ1v) is 6.26. The smallest absolute Gasteiger partial charge is 0.338 e. The minimum absolute atomic E-state index is 0.0414. The normalized spacial score (nSPS) is 10.2. The zero-order valence-electron chi connectivity index (χ0n) is 11.2. The summed E-state index contributed by atoms with van der Waals surface area (Å²) in [6, 6.07) is 2.18. The first-order chi connectivity index (χ1) is 9.27. The molecule has 1 rings (SSSR count). The van der Waals surface area contributed by atoms with E-state index in [4.69, 9.17) is 11.6 Å². The van der Waals surface area contributed by atoms with Crippen molar-refractivity contribution in [1.29, 1.82) is 0 Å². The predicted molar refractivity (Wildman–Crippen MR) is 77.8 cm³/mol. The average Bonchev–Trinajstić information content (AvgIpc) is 2.34. The highest BCUT2D eigenvalue weighted by Gasteiger charge is 2.23. The highest BCUT2D eigenvalue weighted by atomic mass is 35.5. The number of benzene rings is 1. The number of nitrogens with zero attached hydrogens (tertiary/aromatic N) is 2. The topological polar surface area (TPSA) is 83.7 Å². The van der Waals surface area contributed by atoms with Crippen LogP contribution in [-0.2, 0) is 0 Å². The zero-order chi connectivity index (χ0) is 15.4. The van der Waals surface area contributed by atoms with Gasteiger partial charge in [0, 0.05) is 25.2 Å². The summed E-state index contributed by atoms with van der Waals surface area (Å²) in [6.07, 6.45) is 0. The lowest BCUT2D eigenvalue weighted by molar-refractivity contribution is -0.384. The van der Waals surface area contributed by atoms with Crippen LogP contribution >= 0.6 is 11.6 Å². The minimum atomic E-state index is -1.26. The maximum absolute atomic E-state index is 11.3. The Morgan fingerprint density at radius 1 is 1.55 bits per heavy atom. The van der Waals surface area contributed by atoms with Crippen LogP contribution in [0.25, 0.3) is 0 Å². The molecule has 0 fully saturated rings. The van der Waals surface area contributed by atoms with Crippen LogP contribution in [0.2, 0.25) is 5.02 Å². The van der Waals surface area contributed by atoms with E-state index in [2.05, 4.69) is 6.58 Å². The van der Waals surface area contributed by atoms with Gasteiger partial charge in [0.25, 0.3) is 5.69 Å². The SMILES string of the molecule is C=C(C)CN(CC)c1c(Cl)cc([N+](=O)[O-])cc1C(=O)O. The first kappa shape index (κ1) is 16.0. The molecular formula is C13H15ClN2O4. The Kier molecular flexibility index (Phi) is 5.10. The van der Waals surface area contributed by atoms with Crippen molar-refractivity contribution in [1.82, 2.24) is 0 Å². The molecule has 7 heteroatoms. The molecule has 1 aromatic rings. The summed E-state index contributed by atoms with van der Waals surface area (Å²) in [7, 11) is 0. The Balaban J connectivity index is 3.47. The van der Waals surface area contributed by atoms with Gasteiger partial charge >= 0.3 is 5.97 Å². The van der Waals surface area contributed by atoms with Crippen molar-refractivity contribution in [2.75, 3.05) is 18.0 Å². The van der Waals surface area contributed by atoms with E-state index in [-0.39, 0.29) is 22.0 Å². The van der Waals surface area contributed by atoms with Crippen LogP contribution in [0, 0.1) is 10.1 Å². The number of rotatable bonds is 6. The molecule has 108 valence electrons. The molecule has 0 atom stereocenters. The largest absolute Gasteiger partial charge is 0.478 e. The van der Waals surface area contributed by atoms with Crippen LogP contribution in [0.15, 0.2) is 24.3 Å². The van der Waals surface area contributed by atoms with Crippen LogP contribution < -0.4 is 4.90 Å². The quantitative estimate of drug-likeness (QED) is 0.494. The Morgan fingerprint density at radius 2 is 2.15 bits per heavy atom. The highest BCUT2D eigenvalue weighted by Crippen LogP contribution is 2.34. The molecule has 0 saturated heterocycles. The van der Waals surface area contributed by atoms with Gasteiger partial charge in [0.15, 0.2) is 0 Å². The maximum atomic E-state index is 11.3. The maximum Gasteiger partial charge on any atom is 0.338 e. The molecule has 0 radical (unpaired) electrons. The fourth-order valence-corrected chi connectivity index (χ4v) is 2.18. The summed E-state index contributed by atoms with van der Waals surface area (Å²) < 4.78 is 0. The fraction of sp³-hybridized carbons (Fsp3) is 0.308. The number of halogens is 1. The number of carboxylic acid groups (broad SMARTS) is 1. The molecule has 0 spiro atoms. The first-order valence-electron chi connectivity index (χ1n) is 5.88. The lowest BCUT2D eigenvalue weighted by Crippen LogP contribution is -2.27. The molecule has 1 N–H and O–H groups in total. The number of likely N-dealkylation sites (N-methyl/N-ethyl adjacent to an activating group) is 1. The number of nitro benzene ring substituents is 1. The van der Waals surface area contributed by atoms with Gasteiger partial charge in [-0.1, -0.05) is 23.8 Å². The zero-order valence-corrected chi connectivity index (χ0v) is 12.0. The molecule has 0 saturated carbocycles. The highest BCUT2D eigenvalue weighted by molar-refractivity contribution is 6.34. The Hall–Kier alpha value is -2.08. The third kappa shape index (κ3) is 3.48. The molecule has 0 aromatic heterocycles. The molecule has 0 heterocycles. The summed E-state index contributed by atoms with van der Waals surface area (Å²) in [4.78, 5) is 23.2. The standard InChI is InChI=1S/C13H15ClN2O4/c1-4-15(7-8(2)3)12-10(13(17)18)5-9(16(19)20)6-11(12)14/h5-6H,2,4,7H2,1,3H3,(H,17,18). The lowest BCUT2D eigenvalue weighted by atomic mass is 10.1. The molecule has 1 aromatic carbocycles. The van der Waals surface area contributed by atoms with E-state index >= 15 is 0 Å². The van der Waals surface area contributed by atoms with E-state index < -0.39 is 10.9 Å². The molecular weight excluding hydrogens is 284 g/mol. The molecule has 0 aliphatic carbocycles. The van der Waals surface area contributed by atoms with Crippen molar-refractivity contribution >= 4 is 28.9 Å². The summed E-state index contributed by atoms with van der Waals surface area (Å²) >= 11 is 6.04. The van der Waals surface area contributed by atoms with Crippen molar-refractivity contribution in [3.63, 3.8) is 0 Å². The molecule has 20 heavy (non-hydrogen) atoms. The third-order valence-corrected chi connectivity index (χ3v) is 2.94. The van der Waals surface area contributed by atoms with Gasteiger partial charge in [0.1, 0.15) is 0 Å². The Bertz CT molecular complexity index is 572. The minimum Gasteiger partial charge on any atom is -0.478 e. The van der Waals surface area contributed by atoms with E-state index in [9.17, 15) is 20.0 Å². The monoisotopic (exact) mass is 298 g/mol. The van der Waals surface area contributed by atoms with Crippen molar-refractivity contribution < 1.29 is 14.8 Å². The molecule has 0 aliphatic heterocycles. The van der Waals surface area contributed by atoms with Gasteiger partial charge in [-0.3, -0.25) is 10.1 Å². The lowest BCUT2D eigenvalue weighted by Gasteiger charge is -2.25. The number of hydrogen-bond acceptors (Lipinski definition) is 4. The number of hydrogen-bond donors (Lipinski definition) is 1. The van der Waals surface area contributed by atoms with Gasteiger partial charge in [-0.25, -0.2) is 4.79 Å². The summed E-state index contributed by atoms with van der Waals surface area (Å²) in [5.74, 6) is -1.26. The van der Waals surface area contributed by atoms with Crippen molar-refractivity contribution in [2.45, 2.75) is 13.8 Å². The second-order valence-electron chi connectivity index (χ2n) is 4.36. The van der Waals surface area contributed by atoms with Crippen LogP contribution in [0.3, 0.4) is 0 Å². The van der Waals surface area contributed by atoms with E-state index in [1.165, 1.54) is 0 Å². The second kappa shape index (κ2) is 6.38. The number of nitro groups is 1. The molecule has 6 nitrogen and oxygen atoms in total.